The fourth-order valence-electron chi connectivity index (χ4n) is 1.40. The lowest BCUT2D eigenvalue weighted by atomic mass is 10.1. The Bertz CT molecular complexity index is 448. The van der Waals surface area contributed by atoms with Crippen LogP contribution in [0.15, 0.2) is 18.2 Å². The number of nitrogens with one attached hydrogen (secondary N) is 1. The lowest BCUT2D eigenvalue weighted by Gasteiger charge is -2.10. The highest BCUT2D eigenvalue weighted by Gasteiger charge is 2.34. The van der Waals surface area contributed by atoms with E-state index < -0.39 is 23.5 Å². The van der Waals surface area contributed by atoms with Gasteiger partial charge in [-0.2, -0.15) is 24.9 Å². The number of carbonyl (C=O) groups excluding carboxylic acids is 1. The lowest BCUT2D eigenvalue weighted by molar-refractivity contribution is -0.140. The molecule has 0 aliphatic heterocycles. The summed E-state index contributed by atoms with van der Waals surface area (Å²) in [5.41, 5.74) is -1.62. The van der Waals surface area contributed by atoms with Crippen LogP contribution in [0, 0.1) is 5.82 Å². The average molecular weight is 295 g/mol. The zero-order chi connectivity index (χ0) is 14.5. The number of hydrogen-bond donors (Lipinski definition) is 1. The fourth-order valence-corrected chi connectivity index (χ4v) is 1.84. The molecular formula is C12H13F4NOS. The van der Waals surface area contributed by atoms with Gasteiger partial charge >= 0.3 is 6.18 Å². The molecule has 19 heavy (non-hydrogen) atoms. The number of amides is 1. The quantitative estimate of drug-likeness (QED) is 0.667. The Morgan fingerprint density at radius 3 is 2.63 bits per heavy atom. The molecule has 1 N–H and O–H groups in total. The summed E-state index contributed by atoms with van der Waals surface area (Å²) in [5.74, 6) is -1.17. The Labute approximate surface area is 112 Å². The van der Waals surface area contributed by atoms with Crippen LogP contribution in [0.2, 0.25) is 0 Å². The normalized spacial score (nSPS) is 11.4. The van der Waals surface area contributed by atoms with Crippen molar-refractivity contribution in [1.82, 2.24) is 5.32 Å². The molecule has 1 aromatic rings. The van der Waals surface area contributed by atoms with E-state index >= 15 is 0 Å². The Kier molecular flexibility index (Phi) is 5.65. The minimum Gasteiger partial charge on any atom is -0.352 e. The molecule has 2 nitrogen and oxygen atoms in total. The highest BCUT2D eigenvalue weighted by atomic mass is 32.2. The van der Waals surface area contributed by atoms with Gasteiger partial charge in [0.25, 0.3) is 5.91 Å². The van der Waals surface area contributed by atoms with Gasteiger partial charge in [0.2, 0.25) is 0 Å². The van der Waals surface area contributed by atoms with E-state index in [1.807, 2.05) is 6.26 Å². The first-order valence-electron chi connectivity index (χ1n) is 5.50. The molecule has 1 aromatic carbocycles. The lowest BCUT2D eigenvalue weighted by Crippen LogP contribution is -2.25. The Morgan fingerprint density at radius 1 is 1.37 bits per heavy atom. The Hall–Kier alpha value is -1.24. The number of alkyl halides is 3. The zero-order valence-corrected chi connectivity index (χ0v) is 11.0. The van der Waals surface area contributed by atoms with Crippen molar-refractivity contribution >= 4 is 17.7 Å². The maximum atomic E-state index is 13.0. The summed E-state index contributed by atoms with van der Waals surface area (Å²) in [6, 6.07) is 2.22. The van der Waals surface area contributed by atoms with Crippen molar-refractivity contribution in [3.05, 3.63) is 35.1 Å². The third-order valence-electron chi connectivity index (χ3n) is 2.34. The monoisotopic (exact) mass is 295 g/mol. The third-order valence-corrected chi connectivity index (χ3v) is 3.04. The molecule has 0 heterocycles. The van der Waals surface area contributed by atoms with Gasteiger partial charge in [0.1, 0.15) is 5.82 Å². The number of hydrogen-bond acceptors (Lipinski definition) is 2. The molecule has 0 saturated carbocycles. The molecule has 0 aliphatic rings. The van der Waals surface area contributed by atoms with Gasteiger partial charge in [0.15, 0.2) is 0 Å². The van der Waals surface area contributed by atoms with Gasteiger partial charge in [-0.15, -0.1) is 0 Å². The Morgan fingerprint density at radius 2 is 2.05 bits per heavy atom. The van der Waals surface area contributed by atoms with Crippen LogP contribution in [0.25, 0.3) is 0 Å². The summed E-state index contributed by atoms with van der Waals surface area (Å²) in [5, 5.41) is 2.49. The van der Waals surface area contributed by atoms with Crippen molar-refractivity contribution in [2.45, 2.75) is 12.6 Å². The van der Waals surface area contributed by atoms with Crippen LogP contribution in [0.5, 0.6) is 0 Å². The van der Waals surface area contributed by atoms with E-state index in [2.05, 4.69) is 5.32 Å². The van der Waals surface area contributed by atoms with Gasteiger partial charge in [-0.05, 0) is 36.6 Å². The second-order valence-electron chi connectivity index (χ2n) is 3.79. The topological polar surface area (TPSA) is 29.1 Å². The van der Waals surface area contributed by atoms with E-state index in [1.165, 1.54) is 0 Å². The van der Waals surface area contributed by atoms with E-state index in [1.54, 1.807) is 11.8 Å². The molecule has 0 saturated heterocycles. The van der Waals surface area contributed by atoms with Crippen LogP contribution < -0.4 is 5.32 Å². The summed E-state index contributed by atoms with van der Waals surface area (Å²) in [4.78, 5) is 11.6. The molecular weight excluding hydrogens is 282 g/mol. The van der Waals surface area contributed by atoms with Crippen molar-refractivity contribution in [2.24, 2.45) is 0 Å². The van der Waals surface area contributed by atoms with Crippen LogP contribution in [0.4, 0.5) is 17.6 Å². The molecule has 0 unspecified atom stereocenters. The molecule has 106 valence electrons. The summed E-state index contributed by atoms with van der Waals surface area (Å²) < 4.78 is 50.4. The minimum absolute atomic E-state index is 0.196. The van der Waals surface area contributed by atoms with Crippen LogP contribution in [-0.2, 0) is 6.18 Å². The molecule has 0 spiro atoms. The summed E-state index contributed by atoms with van der Waals surface area (Å²) in [7, 11) is 0. The maximum Gasteiger partial charge on any atom is 0.419 e. The molecule has 0 bridgehead atoms. The Balaban J connectivity index is 2.76. The van der Waals surface area contributed by atoms with Crippen molar-refractivity contribution in [1.29, 1.82) is 0 Å². The second-order valence-corrected chi connectivity index (χ2v) is 4.78. The number of carbonyl (C=O) groups is 1. The van der Waals surface area contributed by atoms with Gasteiger partial charge < -0.3 is 5.32 Å². The maximum absolute atomic E-state index is 13.0. The van der Waals surface area contributed by atoms with E-state index in [9.17, 15) is 22.4 Å². The predicted molar refractivity (Wildman–Crippen MR) is 66.7 cm³/mol. The predicted octanol–water partition coefficient (Wildman–Crippen LogP) is 3.33. The standard InChI is InChI=1S/C12H13F4NOS/c1-19-6-2-5-17-11(18)8-3-4-10(13)9(7-8)12(14,15)16/h3-4,7H,2,5-6H2,1H3,(H,17,18). The van der Waals surface area contributed by atoms with Crippen LogP contribution in [0.1, 0.15) is 22.3 Å². The zero-order valence-electron chi connectivity index (χ0n) is 10.2. The van der Waals surface area contributed by atoms with Gasteiger partial charge in [0, 0.05) is 12.1 Å². The van der Waals surface area contributed by atoms with E-state index in [0.29, 0.717) is 18.7 Å². The smallest absolute Gasteiger partial charge is 0.352 e. The van der Waals surface area contributed by atoms with Gasteiger partial charge in [-0.1, -0.05) is 0 Å². The van der Waals surface area contributed by atoms with Gasteiger partial charge in [-0.3, -0.25) is 4.79 Å². The van der Waals surface area contributed by atoms with E-state index in [4.69, 9.17) is 0 Å². The number of rotatable bonds is 5. The first-order chi connectivity index (χ1) is 8.86. The molecule has 0 fully saturated rings. The minimum atomic E-state index is -4.81. The highest BCUT2D eigenvalue weighted by Crippen LogP contribution is 2.31. The largest absolute Gasteiger partial charge is 0.419 e. The van der Waals surface area contributed by atoms with Crippen molar-refractivity contribution in [3.8, 4) is 0 Å². The molecule has 0 atom stereocenters. The van der Waals surface area contributed by atoms with E-state index in [-0.39, 0.29) is 5.56 Å². The number of halogens is 4. The molecule has 0 aromatic heterocycles. The van der Waals surface area contributed by atoms with Crippen molar-refractivity contribution < 1.29 is 22.4 Å². The fraction of sp³-hybridized carbons (Fsp3) is 0.417. The van der Waals surface area contributed by atoms with E-state index in [0.717, 1.165) is 18.2 Å². The molecule has 0 aliphatic carbocycles. The molecule has 1 rings (SSSR count). The van der Waals surface area contributed by atoms with Crippen LogP contribution >= 0.6 is 11.8 Å². The van der Waals surface area contributed by atoms with Crippen LogP contribution in [-0.4, -0.2) is 24.5 Å². The van der Waals surface area contributed by atoms with Crippen molar-refractivity contribution in [3.63, 3.8) is 0 Å². The number of thioether (sulfide) groups is 1. The second kappa shape index (κ2) is 6.79. The first-order valence-corrected chi connectivity index (χ1v) is 6.89. The van der Waals surface area contributed by atoms with Crippen molar-refractivity contribution in [2.75, 3.05) is 18.6 Å². The van der Waals surface area contributed by atoms with Crippen LogP contribution in [0.3, 0.4) is 0 Å². The summed E-state index contributed by atoms with van der Waals surface area (Å²) in [6.45, 7) is 0.373. The van der Waals surface area contributed by atoms with Gasteiger partial charge in [-0.25, -0.2) is 4.39 Å². The molecule has 1 amide bonds. The third kappa shape index (κ3) is 4.74. The summed E-state index contributed by atoms with van der Waals surface area (Å²) >= 11 is 1.61. The molecule has 7 heteroatoms. The average Bonchev–Trinajstić information content (AvgIpc) is 2.33. The highest BCUT2D eigenvalue weighted by molar-refractivity contribution is 7.98. The SMILES string of the molecule is CSCCCNC(=O)c1ccc(F)c(C(F)(F)F)c1. The summed E-state index contributed by atoms with van der Waals surface area (Å²) in [6.07, 6.45) is -2.17. The van der Waals surface area contributed by atoms with Gasteiger partial charge in [0.05, 0.1) is 5.56 Å². The first kappa shape index (κ1) is 15.8. The number of benzene rings is 1. The molecule has 0 radical (unpaired) electrons.